The van der Waals surface area contributed by atoms with Crippen LogP contribution in [0.5, 0.6) is 5.75 Å². The Morgan fingerprint density at radius 2 is 1.79 bits per heavy atom. The molecule has 11 heteroatoms. The highest BCUT2D eigenvalue weighted by Gasteiger charge is 2.90. The highest BCUT2D eigenvalue weighted by atomic mass is 32.1. The molecule has 5 rings (SSSR count). The Labute approximate surface area is 223 Å². The second kappa shape index (κ2) is 9.03. The van der Waals surface area contributed by atoms with Crippen molar-refractivity contribution in [2.45, 2.75) is 30.8 Å². The molecule has 3 aromatic rings. The van der Waals surface area contributed by atoms with Crippen LogP contribution in [0.15, 0.2) is 60.0 Å². The summed E-state index contributed by atoms with van der Waals surface area (Å²) in [7, 11) is 2.79. The van der Waals surface area contributed by atoms with Gasteiger partial charge in [-0.3, -0.25) is 15.4 Å². The largest absolute Gasteiger partial charge is 0.497 e. The summed E-state index contributed by atoms with van der Waals surface area (Å²) in [5.74, 6) is -0.952. The van der Waals surface area contributed by atoms with Gasteiger partial charge in [0.2, 0.25) is 0 Å². The van der Waals surface area contributed by atoms with Crippen LogP contribution in [0, 0.1) is 0 Å². The van der Waals surface area contributed by atoms with Crippen LogP contribution in [0.1, 0.15) is 41.5 Å². The number of rotatable bonds is 7. The zero-order valence-corrected chi connectivity index (χ0v) is 22.1. The predicted octanol–water partition coefficient (Wildman–Crippen LogP) is 3.41. The molecule has 1 aromatic heterocycles. The predicted molar refractivity (Wildman–Crippen MR) is 139 cm³/mol. The lowest BCUT2D eigenvalue weighted by atomic mass is 9.71. The number of methoxy groups -OCH3 is 2. The van der Waals surface area contributed by atoms with Crippen molar-refractivity contribution in [2.75, 3.05) is 26.1 Å². The second-order valence-electron chi connectivity index (χ2n) is 9.80. The first-order chi connectivity index (χ1) is 18.1. The summed E-state index contributed by atoms with van der Waals surface area (Å²) in [5, 5.41) is 7.24. The molecule has 0 bridgehead atoms. The molecule has 4 amide bonds. The molecule has 38 heavy (non-hydrogen) atoms. The average Bonchev–Trinajstić information content (AvgIpc) is 3.38. The van der Waals surface area contributed by atoms with Crippen LogP contribution in [0.25, 0.3) is 0 Å². The number of quaternary nitrogens is 1. The smallest absolute Gasteiger partial charge is 0.426 e. The van der Waals surface area contributed by atoms with Gasteiger partial charge in [0.05, 0.1) is 19.6 Å². The first-order valence-electron chi connectivity index (χ1n) is 11.9. The fourth-order valence-electron chi connectivity index (χ4n) is 5.48. The van der Waals surface area contributed by atoms with Crippen molar-refractivity contribution in [1.29, 1.82) is 0 Å². The van der Waals surface area contributed by atoms with E-state index >= 15 is 0 Å². The van der Waals surface area contributed by atoms with E-state index in [2.05, 4.69) is 15.6 Å². The van der Waals surface area contributed by atoms with Gasteiger partial charge < -0.3 is 9.47 Å². The molecule has 0 radical (unpaired) electrons. The molecule has 1 spiro atoms. The Morgan fingerprint density at radius 3 is 2.42 bits per heavy atom. The van der Waals surface area contributed by atoms with E-state index in [0.29, 0.717) is 11.3 Å². The van der Waals surface area contributed by atoms with E-state index in [1.807, 2.05) is 44.2 Å². The van der Waals surface area contributed by atoms with Crippen molar-refractivity contribution in [3.05, 3.63) is 76.8 Å². The number of anilines is 1. The van der Waals surface area contributed by atoms with E-state index in [1.54, 1.807) is 31.4 Å². The maximum Gasteiger partial charge on any atom is 0.426 e. The van der Waals surface area contributed by atoms with Gasteiger partial charge in [0.25, 0.3) is 11.4 Å². The number of nitrogens with zero attached hydrogens (tertiary/aromatic N) is 2. The summed E-state index contributed by atoms with van der Waals surface area (Å²) in [5.41, 5.74) is -0.955. The second-order valence-corrected chi connectivity index (χ2v) is 10.7. The highest BCUT2D eigenvalue weighted by Crippen LogP contribution is 2.59. The quantitative estimate of drug-likeness (QED) is 0.206. The van der Waals surface area contributed by atoms with Crippen LogP contribution in [0.2, 0.25) is 0 Å². The molecule has 2 unspecified atom stereocenters. The fraction of sp³-hybridized carbons (Fsp3) is 0.296. The van der Waals surface area contributed by atoms with E-state index < -0.39 is 45.3 Å². The van der Waals surface area contributed by atoms with Gasteiger partial charge in [-0.15, -0.1) is 11.3 Å². The van der Waals surface area contributed by atoms with E-state index in [1.165, 1.54) is 12.5 Å². The topological polar surface area (TPSA) is 124 Å². The van der Waals surface area contributed by atoms with Crippen molar-refractivity contribution in [3.63, 3.8) is 0 Å². The average molecular weight is 536 g/mol. The van der Waals surface area contributed by atoms with Crippen molar-refractivity contribution >= 4 is 40.3 Å². The Balaban J connectivity index is 1.56. The Bertz CT molecular complexity index is 1440. The third-order valence-corrected chi connectivity index (χ3v) is 8.48. The van der Waals surface area contributed by atoms with Gasteiger partial charge in [0.15, 0.2) is 23.4 Å². The molecule has 0 aliphatic carbocycles. The molecular weight excluding hydrogens is 508 g/mol. The lowest BCUT2D eigenvalue weighted by molar-refractivity contribution is -0.655. The summed E-state index contributed by atoms with van der Waals surface area (Å²) in [6.45, 7) is 3.70. The zero-order valence-electron chi connectivity index (χ0n) is 21.3. The summed E-state index contributed by atoms with van der Waals surface area (Å²) in [4.78, 5) is 57.8. The molecule has 2 aromatic carbocycles. The van der Waals surface area contributed by atoms with Crippen LogP contribution < -0.4 is 15.4 Å². The standard InChI is InChI=1S/C27H26N4O6S/c1-26(2,17-8-6-5-7-9-17)27(23(34)30-24-28-19(14-38-24)22(33)37-4)15-31(27)21(32)20(29-25(31)35)16-10-12-18(36-3)13-11-16/h5-14,20H,15H2,1-4H3,(H-,28,29,30,34,35)/p+1/t20-,27?,31?/m1/s1. The number of benzene rings is 2. The number of aromatic nitrogens is 1. The van der Waals surface area contributed by atoms with Crippen molar-refractivity contribution in [2.24, 2.45) is 0 Å². The maximum absolute atomic E-state index is 14.1. The molecule has 0 saturated carbocycles. The highest BCUT2D eigenvalue weighted by molar-refractivity contribution is 7.14. The molecule has 2 aliphatic rings. The van der Waals surface area contributed by atoms with Gasteiger partial charge in [0, 0.05) is 5.38 Å². The van der Waals surface area contributed by atoms with Gasteiger partial charge in [0.1, 0.15) is 5.75 Å². The van der Waals surface area contributed by atoms with Crippen molar-refractivity contribution < 1.29 is 33.1 Å². The third kappa shape index (κ3) is 3.53. The minimum Gasteiger partial charge on any atom is -0.497 e. The number of hydrogen-bond acceptors (Lipinski definition) is 8. The fourth-order valence-corrected chi connectivity index (χ4v) is 6.16. The number of urea groups is 1. The summed E-state index contributed by atoms with van der Waals surface area (Å²) in [6.07, 6.45) is 0. The number of carbonyl (C=O) groups is 4. The number of nitrogens with one attached hydrogen (secondary N) is 2. The van der Waals surface area contributed by atoms with E-state index in [9.17, 15) is 19.2 Å². The summed E-state index contributed by atoms with van der Waals surface area (Å²) < 4.78 is 9.24. The number of amides is 4. The lowest BCUT2D eigenvalue weighted by Crippen LogP contribution is -2.57. The van der Waals surface area contributed by atoms with Gasteiger partial charge in [-0.05, 0) is 37.1 Å². The zero-order chi connectivity index (χ0) is 27.3. The molecular formula is C27H27N4O6S+. The molecule has 10 nitrogen and oxygen atoms in total. The summed E-state index contributed by atoms with van der Waals surface area (Å²) in [6, 6.07) is 14.7. The Morgan fingerprint density at radius 1 is 1.11 bits per heavy atom. The Kier molecular flexibility index (Phi) is 6.07. The van der Waals surface area contributed by atoms with Crippen LogP contribution in [-0.2, 0) is 19.7 Å². The minimum atomic E-state index is -1.46. The van der Waals surface area contributed by atoms with Crippen LogP contribution in [-0.4, -0.2) is 59.6 Å². The van der Waals surface area contributed by atoms with Gasteiger partial charge in [-0.1, -0.05) is 42.5 Å². The number of esters is 1. The van der Waals surface area contributed by atoms with E-state index in [-0.39, 0.29) is 17.4 Å². The minimum absolute atomic E-state index is 0.0206. The van der Waals surface area contributed by atoms with Crippen LogP contribution in [0.4, 0.5) is 9.93 Å². The van der Waals surface area contributed by atoms with Crippen molar-refractivity contribution in [1.82, 2.24) is 10.3 Å². The van der Waals surface area contributed by atoms with Crippen LogP contribution in [0.3, 0.4) is 0 Å². The normalized spacial score (nSPS) is 24.2. The van der Waals surface area contributed by atoms with E-state index in [4.69, 9.17) is 9.47 Å². The van der Waals surface area contributed by atoms with Crippen LogP contribution >= 0.6 is 11.3 Å². The maximum atomic E-state index is 14.1. The number of hydrogen-bond donors (Lipinski definition) is 2. The SMILES string of the molecule is COC(=O)c1csc(NC(=O)C2(C(C)(C)c3ccccc3)C[N+]23C(=O)N[C@H](c2ccc(OC)cc2)C3=O)n1. The lowest BCUT2D eigenvalue weighted by Gasteiger charge is -2.32. The van der Waals surface area contributed by atoms with Crippen molar-refractivity contribution in [3.8, 4) is 5.75 Å². The molecule has 2 fully saturated rings. The number of thiazole rings is 1. The van der Waals surface area contributed by atoms with Gasteiger partial charge in [-0.25, -0.2) is 19.4 Å². The third-order valence-electron chi connectivity index (χ3n) is 7.73. The van der Waals surface area contributed by atoms with Gasteiger partial charge >= 0.3 is 17.9 Å². The molecule has 2 aliphatic heterocycles. The first kappa shape index (κ1) is 25.6. The molecule has 2 saturated heterocycles. The van der Waals surface area contributed by atoms with Gasteiger partial charge in [-0.2, -0.15) is 4.48 Å². The molecule has 3 heterocycles. The number of ether oxygens (including phenoxy) is 2. The molecule has 3 atom stereocenters. The molecule has 196 valence electrons. The number of carbonyl (C=O) groups excluding carboxylic acids is 4. The number of imide groups is 1. The van der Waals surface area contributed by atoms with E-state index in [0.717, 1.165) is 16.9 Å². The summed E-state index contributed by atoms with van der Waals surface area (Å²) >= 11 is 1.06. The Hall–Kier alpha value is -4.09. The molecule has 2 N–H and O–H groups in total. The monoisotopic (exact) mass is 535 g/mol. The first-order valence-corrected chi connectivity index (χ1v) is 12.8.